The molecule has 2 N–H and O–H groups in total. The lowest BCUT2D eigenvalue weighted by atomic mass is 10.0. The van der Waals surface area contributed by atoms with E-state index >= 15 is 0 Å². The SMILES string of the molecule is Cl.Cl.O=C(CCC1CCNC1)NCc1ccnc(-n2cccn2)c1. The number of nitrogens with zero attached hydrogens (tertiary/aromatic N) is 3. The summed E-state index contributed by atoms with van der Waals surface area (Å²) >= 11 is 0. The predicted molar refractivity (Wildman–Crippen MR) is 97.9 cm³/mol. The number of aromatic nitrogens is 3. The predicted octanol–water partition coefficient (Wildman–Crippen LogP) is 2.12. The molecule has 0 saturated carbocycles. The van der Waals surface area contributed by atoms with Gasteiger partial charge in [0.15, 0.2) is 5.82 Å². The van der Waals surface area contributed by atoms with Crippen molar-refractivity contribution in [3.8, 4) is 5.82 Å². The first-order chi connectivity index (χ1) is 10.8. The van der Waals surface area contributed by atoms with Crippen molar-refractivity contribution in [1.82, 2.24) is 25.4 Å². The molecule has 3 heterocycles. The first kappa shape index (κ1) is 20.4. The van der Waals surface area contributed by atoms with E-state index in [0.29, 0.717) is 18.9 Å². The first-order valence-corrected chi connectivity index (χ1v) is 7.73. The average molecular weight is 372 g/mol. The van der Waals surface area contributed by atoms with Crippen LogP contribution in [0.15, 0.2) is 36.8 Å². The number of rotatable bonds is 6. The number of carbonyl (C=O) groups is 1. The van der Waals surface area contributed by atoms with Crippen LogP contribution in [0.5, 0.6) is 0 Å². The molecule has 0 aromatic carbocycles. The van der Waals surface area contributed by atoms with Crippen LogP contribution in [0.4, 0.5) is 0 Å². The zero-order valence-electron chi connectivity index (χ0n) is 13.4. The smallest absolute Gasteiger partial charge is 0.220 e. The minimum Gasteiger partial charge on any atom is -0.352 e. The highest BCUT2D eigenvalue weighted by atomic mass is 35.5. The molecule has 0 radical (unpaired) electrons. The third kappa shape index (κ3) is 5.78. The van der Waals surface area contributed by atoms with E-state index in [1.54, 1.807) is 17.1 Å². The molecule has 1 saturated heterocycles. The lowest BCUT2D eigenvalue weighted by molar-refractivity contribution is -0.121. The van der Waals surface area contributed by atoms with Gasteiger partial charge in [-0.25, -0.2) is 9.67 Å². The van der Waals surface area contributed by atoms with Crippen molar-refractivity contribution < 1.29 is 4.79 Å². The monoisotopic (exact) mass is 371 g/mol. The molecule has 0 aliphatic carbocycles. The van der Waals surface area contributed by atoms with Crippen LogP contribution in [0.3, 0.4) is 0 Å². The average Bonchev–Trinajstić information content (AvgIpc) is 3.24. The van der Waals surface area contributed by atoms with Gasteiger partial charge in [0.05, 0.1) is 0 Å². The van der Waals surface area contributed by atoms with Crippen molar-refractivity contribution in [2.45, 2.75) is 25.8 Å². The van der Waals surface area contributed by atoms with Crippen LogP contribution in [-0.2, 0) is 11.3 Å². The summed E-state index contributed by atoms with van der Waals surface area (Å²) in [5, 5.41) is 10.5. The Hall–Kier alpha value is -1.63. The van der Waals surface area contributed by atoms with E-state index in [-0.39, 0.29) is 30.7 Å². The number of hydrogen-bond donors (Lipinski definition) is 2. The van der Waals surface area contributed by atoms with Crippen LogP contribution in [0, 0.1) is 5.92 Å². The molecule has 132 valence electrons. The second-order valence-corrected chi connectivity index (χ2v) is 5.65. The molecule has 1 atom stereocenters. The zero-order chi connectivity index (χ0) is 15.2. The largest absolute Gasteiger partial charge is 0.352 e. The van der Waals surface area contributed by atoms with E-state index in [0.717, 1.165) is 30.9 Å². The van der Waals surface area contributed by atoms with Crippen molar-refractivity contribution in [3.63, 3.8) is 0 Å². The summed E-state index contributed by atoms with van der Waals surface area (Å²) in [4.78, 5) is 16.2. The molecule has 1 amide bonds. The number of pyridine rings is 1. The highest BCUT2D eigenvalue weighted by Crippen LogP contribution is 2.14. The summed E-state index contributed by atoms with van der Waals surface area (Å²) in [5.74, 6) is 1.52. The standard InChI is InChI=1S/C16H21N5O.2ClH/c22-16(3-2-13-4-7-17-11-13)19-12-14-5-8-18-15(10-14)21-9-1-6-20-21;;/h1,5-6,8-10,13,17H,2-4,7,11-12H2,(H,19,22);2*1H. The molecule has 0 bridgehead atoms. The Morgan fingerprint density at radius 1 is 1.38 bits per heavy atom. The molecule has 24 heavy (non-hydrogen) atoms. The van der Waals surface area contributed by atoms with Gasteiger partial charge < -0.3 is 10.6 Å². The van der Waals surface area contributed by atoms with Crippen LogP contribution in [-0.4, -0.2) is 33.8 Å². The molecule has 1 unspecified atom stereocenters. The molecule has 0 spiro atoms. The van der Waals surface area contributed by atoms with Crippen LogP contribution >= 0.6 is 24.8 Å². The minimum absolute atomic E-state index is 0. The van der Waals surface area contributed by atoms with Gasteiger partial charge in [-0.05, 0) is 55.6 Å². The van der Waals surface area contributed by atoms with E-state index in [1.807, 2.05) is 24.4 Å². The summed E-state index contributed by atoms with van der Waals surface area (Å²) in [6, 6.07) is 5.70. The summed E-state index contributed by atoms with van der Waals surface area (Å²) in [5.41, 5.74) is 1.02. The van der Waals surface area contributed by atoms with E-state index in [1.165, 1.54) is 6.42 Å². The van der Waals surface area contributed by atoms with Gasteiger partial charge >= 0.3 is 0 Å². The van der Waals surface area contributed by atoms with Gasteiger partial charge in [0.2, 0.25) is 5.91 Å². The Morgan fingerprint density at radius 2 is 2.25 bits per heavy atom. The third-order valence-electron chi connectivity index (χ3n) is 3.98. The van der Waals surface area contributed by atoms with Gasteiger partial charge in [-0.15, -0.1) is 24.8 Å². The molecule has 1 aliphatic heterocycles. The fourth-order valence-electron chi connectivity index (χ4n) is 2.69. The van der Waals surface area contributed by atoms with Crippen molar-refractivity contribution in [1.29, 1.82) is 0 Å². The quantitative estimate of drug-likeness (QED) is 0.815. The number of amides is 1. The van der Waals surface area contributed by atoms with Gasteiger partial charge in [0, 0.05) is 31.6 Å². The van der Waals surface area contributed by atoms with E-state index < -0.39 is 0 Å². The Bertz CT molecular complexity index is 615. The van der Waals surface area contributed by atoms with Crippen molar-refractivity contribution >= 4 is 30.7 Å². The summed E-state index contributed by atoms with van der Waals surface area (Å²) in [6.07, 6.45) is 8.05. The molecular formula is C16H23Cl2N5O. The molecule has 2 aromatic rings. The normalized spacial score (nSPS) is 16.1. The third-order valence-corrected chi connectivity index (χ3v) is 3.98. The van der Waals surface area contributed by atoms with E-state index in [2.05, 4.69) is 20.7 Å². The summed E-state index contributed by atoms with van der Waals surface area (Å²) in [7, 11) is 0. The highest BCUT2D eigenvalue weighted by Gasteiger charge is 2.15. The van der Waals surface area contributed by atoms with E-state index in [9.17, 15) is 4.79 Å². The molecule has 8 heteroatoms. The molecule has 2 aromatic heterocycles. The summed E-state index contributed by atoms with van der Waals surface area (Å²) < 4.78 is 1.71. The lowest BCUT2D eigenvalue weighted by Gasteiger charge is -2.09. The molecule has 1 aliphatic rings. The van der Waals surface area contributed by atoms with Gasteiger partial charge in [-0.3, -0.25) is 4.79 Å². The molecular weight excluding hydrogens is 349 g/mol. The van der Waals surface area contributed by atoms with Crippen molar-refractivity contribution in [2.75, 3.05) is 13.1 Å². The zero-order valence-corrected chi connectivity index (χ0v) is 15.0. The van der Waals surface area contributed by atoms with Crippen LogP contribution in [0.1, 0.15) is 24.8 Å². The number of hydrogen-bond acceptors (Lipinski definition) is 4. The highest BCUT2D eigenvalue weighted by molar-refractivity contribution is 5.85. The van der Waals surface area contributed by atoms with Crippen LogP contribution < -0.4 is 10.6 Å². The molecule has 3 rings (SSSR count). The lowest BCUT2D eigenvalue weighted by Crippen LogP contribution is -2.23. The number of halogens is 2. The fraction of sp³-hybridized carbons (Fsp3) is 0.438. The minimum atomic E-state index is 0. The second kappa shape index (κ2) is 10.3. The van der Waals surface area contributed by atoms with Crippen LogP contribution in [0.25, 0.3) is 5.82 Å². The Balaban J connectivity index is 0.00000144. The summed E-state index contributed by atoms with van der Waals surface area (Å²) in [6.45, 7) is 2.66. The van der Waals surface area contributed by atoms with Gasteiger partial charge in [0.1, 0.15) is 0 Å². The molecule has 1 fully saturated rings. The maximum absolute atomic E-state index is 11.9. The van der Waals surface area contributed by atoms with Crippen LogP contribution in [0.2, 0.25) is 0 Å². The fourth-order valence-corrected chi connectivity index (χ4v) is 2.69. The maximum Gasteiger partial charge on any atom is 0.220 e. The Labute approximate surface area is 154 Å². The Morgan fingerprint density at radius 3 is 2.96 bits per heavy atom. The van der Waals surface area contributed by atoms with E-state index in [4.69, 9.17) is 0 Å². The number of nitrogens with one attached hydrogen (secondary N) is 2. The Kier molecular flexibility index (Phi) is 8.74. The topological polar surface area (TPSA) is 71.8 Å². The second-order valence-electron chi connectivity index (χ2n) is 5.65. The van der Waals surface area contributed by atoms with Crippen molar-refractivity contribution in [2.24, 2.45) is 5.92 Å². The van der Waals surface area contributed by atoms with Gasteiger partial charge in [0.25, 0.3) is 0 Å². The first-order valence-electron chi connectivity index (χ1n) is 7.73. The maximum atomic E-state index is 11.9. The van der Waals surface area contributed by atoms with Gasteiger partial charge in [-0.1, -0.05) is 0 Å². The number of carbonyl (C=O) groups excluding carboxylic acids is 1. The van der Waals surface area contributed by atoms with Crippen molar-refractivity contribution in [3.05, 3.63) is 42.4 Å². The van der Waals surface area contributed by atoms with Gasteiger partial charge in [-0.2, -0.15) is 5.10 Å². The molecule has 6 nitrogen and oxygen atoms in total.